The monoisotopic (exact) mass is 229 g/mol. The van der Waals surface area contributed by atoms with E-state index in [-0.39, 0.29) is 5.54 Å². The van der Waals surface area contributed by atoms with Crippen LogP contribution < -0.4 is 5.73 Å². The Balaban J connectivity index is 2.01. The van der Waals surface area contributed by atoms with Crippen molar-refractivity contribution in [2.24, 2.45) is 5.73 Å². The van der Waals surface area contributed by atoms with Crippen molar-refractivity contribution in [2.75, 3.05) is 0 Å². The molecule has 0 bridgehead atoms. The molecule has 1 aliphatic rings. The maximum atomic E-state index is 6.00. The van der Waals surface area contributed by atoms with Gasteiger partial charge in [0.2, 0.25) is 0 Å². The molecule has 76 valence electrons. The van der Waals surface area contributed by atoms with Crippen LogP contribution in [0.5, 0.6) is 0 Å². The van der Waals surface area contributed by atoms with E-state index in [9.17, 15) is 0 Å². The zero-order valence-corrected chi connectivity index (χ0v) is 9.41. The third-order valence-electron chi connectivity index (χ3n) is 2.73. The number of hydrogen-bond acceptors (Lipinski definition) is 1. The van der Waals surface area contributed by atoms with Crippen LogP contribution >= 0.6 is 23.2 Å². The number of rotatable bonds is 3. The molecule has 1 nitrogen and oxygen atoms in total. The fraction of sp³-hybridized carbons (Fsp3) is 0.455. The van der Waals surface area contributed by atoms with Gasteiger partial charge in [-0.25, -0.2) is 0 Å². The third kappa shape index (κ3) is 2.63. The molecule has 0 aromatic heterocycles. The maximum Gasteiger partial charge on any atom is 0.0423 e. The Bertz CT molecular complexity index is 325. The summed E-state index contributed by atoms with van der Waals surface area (Å²) in [5, 5.41) is 1.41. The lowest BCUT2D eigenvalue weighted by Crippen LogP contribution is -2.22. The minimum absolute atomic E-state index is 0.106. The van der Waals surface area contributed by atoms with Gasteiger partial charge in [-0.3, -0.25) is 0 Å². The second kappa shape index (κ2) is 3.73. The van der Waals surface area contributed by atoms with E-state index in [0.717, 1.165) is 25.7 Å². The fourth-order valence-electron chi connectivity index (χ4n) is 1.56. The molecule has 0 heterocycles. The number of hydrogen-bond donors (Lipinski definition) is 1. The van der Waals surface area contributed by atoms with Crippen molar-refractivity contribution in [3.8, 4) is 0 Å². The van der Waals surface area contributed by atoms with E-state index < -0.39 is 0 Å². The van der Waals surface area contributed by atoms with Gasteiger partial charge in [-0.05, 0) is 49.4 Å². The molecular weight excluding hydrogens is 217 g/mol. The van der Waals surface area contributed by atoms with E-state index in [1.165, 1.54) is 5.56 Å². The van der Waals surface area contributed by atoms with Crippen molar-refractivity contribution >= 4 is 23.2 Å². The summed E-state index contributed by atoms with van der Waals surface area (Å²) < 4.78 is 0. The normalized spacial score (nSPS) is 18.2. The minimum Gasteiger partial charge on any atom is -0.325 e. The molecule has 2 rings (SSSR count). The van der Waals surface area contributed by atoms with Crippen LogP contribution in [0, 0.1) is 0 Å². The molecule has 2 N–H and O–H groups in total. The van der Waals surface area contributed by atoms with Crippen LogP contribution in [0.3, 0.4) is 0 Å². The largest absolute Gasteiger partial charge is 0.325 e. The molecule has 0 aliphatic heterocycles. The van der Waals surface area contributed by atoms with Gasteiger partial charge in [-0.1, -0.05) is 23.2 Å². The second-order valence-electron chi connectivity index (χ2n) is 4.14. The van der Waals surface area contributed by atoms with Crippen molar-refractivity contribution in [2.45, 2.75) is 31.2 Å². The average molecular weight is 230 g/mol. The topological polar surface area (TPSA) is 26.0 Å². The van der Waals surface area contributed by atoms with Gasteiger partial charge < -0.3 is 5.73 Å². The molecule has 0 atom stereocenters. The molecule has 0 amide bonds. The van der Waals surface area contributed by atoms with Crippen molar-refractivity contribution < 1.29 is 0 Å². The number of aryl methyl sites for hydroxylation is 1. The van der Waals surface area contributed by atoms with Gasteiger partial charge in [0.25, 0.3) is 0 Å². The van der Waals surface area contributed by atoms with Gasteiger partial charge in [0.05, 0.1) is 0 Å². The Hall–Kier alpha value is -0.240. The van der Waals surface area contributed by atoms with Crippen LogP contribution in [-0.2, 0) is 6.42 Å². The van der Waals surface area contributed by atoms with E-state index in [1.54, 1.807) is 6.07 Å². The van der Waals surface area contributed by atoms with E-state index in [4.69, 9.17) is 28.9 Å². The van der Waals surface area contributed by atoms with Crippen LogP contribution in [0.2, 0.25) is 10.0 Å². The molecule has 1 aliphatic carbocycles. The summed E-state index contributed by atoms with van der Waals surface area (Å²) in [6, 6.07) is 5.67. The van der Waals surface area contributed by atoms with Gasteiger partial charge in [0, 0.05) is 15.6 Å². The standard InChI is InChI=1S/C11H13Cl2N/c12-9-5-8(6-10(13)7-9)1-2-11(14)3-4-11/h5-7H,1-4,14H2. The predicted molar refractivity (Wildman–Crippen MR) is 60.9 cm³/mol. The Kier molecular flexibility index (Phi) is 2.74. The molecule has 0 radical (unpaired) electrons. The van der Waals surface area contributed by atoms with Crippen LogP contribution in [0.1, 0.15) is 24.8 Å². The lowest BCUT2D eigenvalue weighted by atomic mass is 10.0. The summed E-state index contributed by atoms with van der Waals surface area (Å²) >= 11 is 11.8. The van der Waals surface area contributed by atoms with Crippen LogP contribution in [0.4, 0.5) is 0 Å². The smallest absolute Gasteiger partial charge is 0.0423 e. The first-order valence-electron chi connectivity index (χ1n) is 4.81. The minimum atomic E-state index is 0.106. The first-order valence-corrected chi connectivity index (χ1v) is 5.57. The number of benzene rings is 1. The van der Waals surface area contributed by atoms with Crippen molar-refractivity contribution in [1.29, 1.82) is 0 Å². The first kappa shape index (κ1) is 10.3. The van der Waals surface area contributed by atoms with E-state index >= 15 is 0 Å². The average Bonchev–Trinajstić information content (AvgIpc) is 2.80. The molecular formula is C11H13Cl2N. The molecule has 1 aromatic carbocycles. The van der Waals surface area contributed by atoms with Crippen LogP contribution in [-0.4, -0.2) is 5.54 Å². The van der Waals surface area contributed by atoms with E-state index in [0.29, 0.717) is 10.0 Å². The predicted octanol–water partition coefficient (Wildman–Crippen LogP) is 3.42. The summed E-state index contributed by atoms with van der Waals surface area (Å²) in [7, 11) is 0. The highest BCUT2D eigenvalue weighted by molar-refractivity contribution is 6.34. The fourth-order valence-corrected chi connectivity index (χ4v) is 2.13. The Morgan fingerprint density at radius 1 is 1.14 bits per heavy atom. The third-order valence-corrected chi connectivity index (χ3v) is 3.16. The van der Waals surface area contributed by atoms with Gasteiger partial charge in [-0.2, -0.15) is 0 Å². The zero-order valence-electron chi connectivity index (χ0n) is 7.89. The summed E-state index contributed by atoms with van der Waals surface area (Å²) in [6.07, 6.45) is 4.31. The number of nitrogens with two attached hydrogens (primary N) is 1. The molecule has 1 aromatic rings. The highest BCUT2D eigenvalue weighted by atomic mass is 35.5. The number of halogens is 2. The molecule has 3 heteroatoms. The van der Waals surface area contributed by atoms with Gasteiger partial charge in [0.1, 0.15) is 0 Å². The molecule has 0 spiro atoms. The Morgan fingerprint density at radius 3 is 2.21 bits per heavy atom. The van der Waals surface area contributed by atoms with Crippen LogP contribution in [0.15, 0.2) is 18.2 Å². The SMILES string of the molecule is NC1(CCc2cc(Cl)cc(Cl)c2)CC1. The second-order valence-corrected chi connectivity index (χ2v) is 5.01. The Labute approximate surface area is 94.2 Å². The molecule has 14 heavy (non-hydrogen) atoms. The highest BCUT2D eigenvalue weighted by Gasteiger charge is 2.37. The summed E-state index contributed by atoms with van der Waals surface area (Å²) in [4.78, 5) is 0. The molecule has 1 fully saturated rings. The highest BCUT2D eigenvalue weighted by Crippen LogP contribution is 2.36. The quantitative estimate of drug-likeness (QED) is 0.845. The van der Waals surface area contributed by atoms with Gasteiger partial charge >= 0.3 is 0 Å². The first-order chi connectivity index (χ1) is 6.57. The summed E-state index contributed by atoms with van der Waals surface area (Å²) in [5.74, 6) is 0. The molecule has 1 saturated carbocycles. The van der Waals surface area contributed by atoms with Gasteiger partial charge in [0.15, 0.2) is 0 Å². The van der Waals surface area contributed by atoms with Gasteiger partial charge in [-0.15, -0.1) is 0 Å². The maximum absolute atomic E-state index is 6.00. The Morgan fingerprint density at radius 2 is 1.71 bits per heavy atom. The van der Waals surface area contributed by atoms with Crippen molar-refractivity contribution in [3.63, 3.8) is 0 Å². The van der Waals surface area contributed by atoms with Crippen LogP contribution in [0.25, 0.3) is 0 Å². The summed E-state index contributed by atoms with van der Waals surface area (Å²) in [5.41, 5.74) is 7.29. The zero-order chi connectivity index (χ0) is 10.2. The summed E-state index contributed by atoms with van der Waals surface area (Å²) in [6.45, 7) is 0. The molecule has 0 unspecified atom stereocenters. The molecule has 0 saturated heterocycles. The lowest BCUT2D eigenvalue weighted by molar-refractivity contribution is 0.609. The van der Waals surface area contributed by atoms with Crippen molar-refractivity contribution in [3.05, 3.63) is 33.8 Å². The van der Waals surface area contributed by atoms with E-state index in [2.05, 4.69) is 0 Å². The van der Waals surface area contributed by atoms with E-state index in [1.807, 2.05) is 12.1 Å². The lowest BCUT2D eigenvalue weighted by Gasteiger charge is -2.08. The van der Waals surface area contributed by atoms with Crippen molar-refractivity contribution in [1.82, 2.24) is 0 Å².